The second-order valence-electron chi connectivity index (χ2n) is 8.97. The standard InChI is InChI=1S/C23H28F3N7/c24-23(25,26)19-13-30-22(32-20(19)18-12-29-21-17(18)2-1-7-28-21)31-16-6-11-33(14-16)10-5-15-3-8-27-9-4-15/h1-2,7,12-13,15-16,27H,3-6,8-11,14H2,(H,28,29)(H,30,31,32)/t16-/m1/s1. The van der Waals surface area contributed by atoms with Crippen molar-refractivity contribution in [2.24, 2.45) is 5.92 Å². The Labute approximate surface area is 190 Å². The highest BCUT2D eigenvalue weighted by molar-refractivity contribution is 5.93. The molecule has 1 atom stereocenters. The summed E-state index contributed by atoms with van der Waals surface area (Å²) in [6, 6.07) is 3.55. The maximum Gasteiger partial charge on any atom is 0.419 e. The van der Waals surface area contributed by atoms with E-state index >= 15 is 0 Å². The molecule has 0 amide bonds. The molecule has 3 aromatic rings. The number of hydrogen-bond donors (Lipinski definition) is 3. The first-order valence-electron chi connectivity index (χ1n) is 11.5. The van der Waals surface area contributed by atoms with Crippen LogP contribution in [0, 0.1) is 5.92 Å². The first-order chi connectivity index (χ1) is 16.0. The van der Waals surface area contributed by atoms with Crippen LogP contribution in [-0.4, -0.2) is 63.6 Å². The van der Waals surface area contributed by atoms with E-state index in [1.165, 1.54) is 25.5 Å². The number of halogens is 3. The van der Waals surface area contributed by atoms with Gasteiger partial charge in [0.05, 0.1) is 5.69 Å². The summed E-state index contributed by atoms with van der Waals surface area (Å²) in [5, 5.41) is 7.27. The van der Waals surface area contributed by atoms with Crippen molar-refractivity contribution in [3.05, 3.63) is 36.3 Å². The minimum Gasteiger partial charge on any atom is -0.350 e. The van der Waals surface area contributed by atoms with Crippen LogP contribution in [0.2, 0.25) is 0 Å². The molecule has 2 aliphatic heterocycles. The molecule has 0 radical (unpaired) electrons. The highest BCUT2D eigenvalue weighted by atomic mass is 19.4. The van der Waals surface area contributed by atoms with Crippen LogP contribution >= 0.6 is 0 Å². The molecule has 33 heavy (non-hydrogen) atoms. The summed E-state index contributed by atoms with van der Waals surface area (Å²) in [5.74, 6) is 1.01. The van der Waals surface area contributed by atoms with Crippen LogP contribution < -0.4 is 10.6 Å². The van der Waals surface area contributed by atoms with E-state index in [1.807, 2.05) is 0 Å². The van der Waals surface area contributed by atoms with Gasteiger partial charge in [-0.3, -0.25) is 0 Å². The predicted molar refractivity (Wildman–Crippen MR) is 121 cm³/mol. The number of nitrogens with one attached hydrogen (secondary N) is 3. The fourth-order valence-corrected chi connectivity index (χ4v) is 4.89. The van der Waals surface area contributed by atoms with Gasteiger partial charge < -0.3 is 20.5 Å². The molecule has 3 N–H and O–H groups in total. The molecule has 2 fully saturated rings. The van der Waals surface area contributed by atoms with Crippen LogP contribution in [-0.2, 0) is 6.18 Å². The number of rotatable bonds is 6. The molecule has 0 aliphatic carbocycles. The monoisotopic (exact) mass is 459 g/mol. The number of nitrogens with zero attached hydrogens (tertiary/aromatic N) is 4. The zero-order chi connectivity index (χ0) is 22.8. The van der Waals surface area contributed by atoms with E-state index in [2.05, 4.69) is 35.5 Å². The second kappa shape index (κ2) is 9.26. The topological polar surface area (TPSA) is 81.8 Å². The number of likely N-dealkylation sites (tertiary alicyclic amines) is 1. The molecule has 2 aliphatic rings. The van der Waals surface area contributed by atoms with Crippen molar-refractivity contribution in [2.75, 3.05) is 38.0 Å². The quantitative estimate of drug-likeness (QED) is 0.519. The Bertz CT molecular complexity index is 1090. The van der Waals surface area contributed by atoms with Gasteiger partial charge in [-0.15, -0.1) is 0 Å². The lowest BCUT2D eigenvalue weighted by atomic mass is 9.94. The summed E-state index contributed by atoms with van der Waals surface area (Å²) < 4.78 is 41.2. The normalized spacial score (nSPS) is 20.5. The summed E-state index contributed by atoms with van der Waals surface area (Å²) in [6.45, 7) is 5.10. The average Bonchev–Trinajstić information content (AvgIpc) is 3.44. The molecular formula is C23H28F3N7. The zero-order valence-corrected chi connectivity index (χ0v) is 18.3. The lowest BCUT2D eigenvalue weighted by molar-refractivity contribution is -0.137. The van der Waals surface area contributed by atoms with Gasteiger partial charge in [-0.25, -0.2) is 15.0 Å². The number of piperidine rings is 1. The fourth-order valence-electron chi connectivity index (χ4n) is 4.89. The fraction of sp³-hybridized carbons (Fsp3) is 0.522. The Balaban J connectivity index is 1.31. The van der Waals surface area contributed by atoms with E-state index in [9.17, 15) is 13.2 Å². The van der Waals surface area contributed by atoms with Gasteiger partial charge in [-0.05, 0) is 63.4 Å². The lowest BCUT2D eigenvalue weighted by Crippen LogP contribution is -2.32. The Morgan fingerprint density at radius 3 is 2.82 bits per heavy atom. The van der Waals surface area contributed by atoms with E-state index in [4.69, 9.17) is 0 Å². The summed E-state index contributed by atoms with van der Waals surface area (Å²) >= 11 is 0. The number of alkyl halides is 3. The van der Waals surface area contributed by atoms with Crippen LogP contribution in [0.25, 0.3) is 22.3 Å². The summed E-state index contributed by atoms with van der Waals surface area (Å²) in [5.41, 5.74) is -0.104. The Morgan fingerprint density at radius 1 is 1.15 bits per heavy atom. The van der Waals surface area contributed by atoms with E-state index in [-0.39, 0.29) is 17.7 Å². The first-order valence-corrected chi connectivity index (χ1v) is 11.5. The second-order valence-corrected chi connectivity index (χ2v) is 8.97. The smallest absolute Gasteiger partial charge is 0.350 e. The molecule has 176 valence electrons. The van der Waals surface area contributed by atoms with E-state index in [0.717, 1.165) is 51.3 Å². The van der Waals surface area contributed by atoms with Crippen molar-refractivity contribution in [3.63, 3.8) is 0 Å². The van der Waals surface area contributed by atoms with Crippen molar-refractivity contribution in [1.82, 2.24) is 30.2 Å². The minimum atomic E-state index is -4.56. The van der Waals surface area contributed by atoms with Gasteiger partial charge in [-0.2, -0.15) is 13.2 Å². The lowest BCUT2D eigenvalue weighted by Gasteiger charge is -2.25. The number of fused-ring (bicyclic) bond motifs is 1. The van der Waals surface area contributed by atoms with Crippen LogP contribution in [0.3, 0.4) is 0 Å². The highest BCUT2D eigenvalue weighted by Crippen LogP contribution is 2.38. The number of aromatic amines is 1. The van der Waals surface area contributed by atoms with Gasteiger partial charge in [-0.1, -0.05) is 0 Å². The largest absolute Gasteiger partial charge is 0.419 e. The van der Waals surface area contributed by atoms with Gasteiger partial charge in [0.2, 0.25) is 5.95 Å². The number of anilines is 1. The number of hydrogen-bond acceptors (Lipinski definition) is 6. The number of pyridine rings is 1. The molecule has 0 aromatic carbocycles. The van der Waals surface area contributed by atoms with Crippen LogP contribution in [0.15, 0.2) is 30.7 Å². The van der Waals surface area contributed by atoms with Crippen LogP contribution in [0.4, 0.5) is 19.1 Å². The maximum atomic E-state index is 13.7. The van der Waals surface area contributed by atoms with Crippen molar-refractivity contribution >= 4 is 17.0 Å². The Kier molecular flexibility index (Phi) is 6.20. The van der Waals surface area contributed by atoms with Crippen molar-refractivity contribution < 1.29 is 13.2 Å². The van der Waals surface area contributed by atoms with Gasteiger partial charge >= 0.3 is 6.18 Å². The molecule has 0 saturated carbocycles. The van der Waals surface area contributed by atoms with Gasteiger partial charge in [0.1, 0.15) is 11.2 Å². The molecule has 0 spiro atoms. The Hall–Kier alpha value is -2.72. The molecule has 5 heterocycles. The van der Waals surface area contributed by atoms with Crippen LogP contribution in [0.5, 0.6) is 0 Å². The molecule has 0 unspecified atom stereocenters. The number of H-pyrrole nitrogens is 1. The van der Waals surface area contributed by atoms with E-state index in [0.29, 0.717) is 16.6 Å². The van der Waals surface area contributed by atoms with Gasteiger partial charge in [0, 0.05) is 48.7 Å². The highest BCUT2D eigenvalue weighted by Gasteiger charge is 2.36. The summed E-state index contributed by atoms with van der Waals surface area (Å²) in [4.78, 5) is 17.9. The molecule has 10 heteroatoms. The average molecular weight is 460 g/mol. The third-order valence-corrected chi connectivity index (χ3v) is 6.72. The van der Waals surface area contributed by atoms with E-state index < -0.39 is 11.7 Å². The molecule has 3 aromatic heterocycles. The molecular weight excluding hydrogens is 431 g/mol. The maximum absolute atomic E-state index is 13.7. The molecule has 0 bridgehead atoms. The Morgan fingerprint density at radius 2 is 2.00 bits per heavy atom. The molecule has 5 rings (SSSR count). The predicted octanol–water partition coefficient (Wildman–Crippen LogP) is 3.91. The van der Waals surface area contributed by atoms with Crippen molar-refractivity contribution in [1.29, 1.82) is 0 Å². The zero-order valence-electron chi connectivity index (χ0n) is 18.3. The molecule has 2 saturated heterocycles. The first kappa shape index (κ1) is 22.1. The number of aromatic nitrogens is 4. The third-order valence-electron chi connectivity index (χ3n) is 6.72. The molecule has 7 nitrogen and oxygen atoms in total. The van der Waals surface area contributed by atoms with E-state index in [1.54, 1.807) is 18.3 Å². The third kappa shape index (κ3) is 4.96. The van der Waals surface area contributed by atoms with Crippen molar-refractivity contribution in [2.45, 2.75) is 37.9 Å². The summed E-state index contributed by atoms with van der Waals surface area (Å²) in [6.07, 6.45) is 4.03. The van der Waals surface area contributed by atoms with Gasteiger partial charge in [0.25, 0.3) is 0 Å². The van der Waals surface area contributed by atoms with Crippen LogP contribution in [0.1, 0.15) is 31.2 Å². The SMILES string of the molecule is FC(F)(F)c1cnc(N[C@@H]2CCN(CCC3CCNCC3)C2)nc1-c1c[nH]c2ncccc12. The minimum absolute atomic E-state index is 0.118. The van der Waals surface area contributed by atoms with Crippen molar-refractivity contribution in [3.8, 4) is 11.3 Å². The summed E-state index contributed by atoms with van der Waals surface area (Å²) in [7, 11) is 0. The van der Waals surface area contributed by atoms with Gasteiger partial charge in [0.15, 0.2) is 0 Å².